The number of carboxylic acid groups (broad SMARTS) is 1. The first-order valence-corrected chi connectivity index (χ1v) is 5.06. The Kier molecular flexibility index (Phi) is 3.77. The summed E-state index contributed by atoms with van der Waals surface area (Å²) in [6.45, 7) is 2.53. The Hall–Kier alpha value is -0.720. The van der Waals surface area contributed by atoms with Gasteiger partial charge in [-0.3, -0.25) is 4.79 Å². The van der Waals surface area contributed by atoms with Gasteiger partial charge in [0.15, 0.2) is 5.25 Å². The lowest BCUT2D eigenvalue weighted by Gasteiger charge is -2.15. The molecule has 13 heavy (non-hydrogen) atoms. The van der Waals surface area contributed by atoms with Gasteiger partial charge in [-0.15, -0.1) is 0 Å². The summed E-state index contributed by atoms with van der Waals surface area (Å²) in [6.07, 6.45) is 0. The molecule has 1 atom stereocenters. The van der Waals surface area contributed by atoms with E-state index < -0.39 is 32.7 Å². The van der Waals surface area contributed by atoms with Gasteiger partial charge in [-0.1, -0.05) is 13.8 Å². The first-order chi connectivity index (χ1) is 5.71. The van der Waals surface area contributed by atoms with Crippen molar-refractivity contribution < 1.29 is 27.1 Å². The molecule has 0 radical (unpaired) electrons. The first kappa shape index (κ1) is 12.3. The standard InChI is InChI=1S/C6H10F2O4S/c1-3(2)4(5(9)10)13(11,12)6(7)8/h3-4,6H,1-2H3,(H,9,10). The highest BCUT2D eigenvalue weighted by Crippen LogP contribution is 2.19. The lowest BCUT2D eigenvalue weighted by molar-refractivity contribution is -0.137. The minimum absolute atomic E-state index is 0.878. The Morgan fingerprint density at radius 1 is 1.31 bits per heavy atom. The molecule has 0 saturated heterocycles. The lowest BCUT2D eigenvalue weighted by Crippen LogP contribution is -2.38. The van der Waals surface area contributed by atoms with Crippen LogP contribution in [-0.4, -0.2) is 30.5 Å². The molecule has 1 N–H and O–H groups in total. The van der Waals surface area contributed by atoms with E-state index in [4.69, 9.17) is 5.11 Å². The molecule has 0 bridgehead atoms. The van der Waals surface area contributed by atoms with Gasteiger partial charge < -0.3 is 5.11 Å². The van der Waals surface area contributed by atoms with Crippen molar-refractivity contribution >= 4 is 15.8 Å². The van der Waals surface area contributed by atoms with E-state index in [0.29, 0.717) is 0 Å². The summed E-state index contributed by atoms with van der Waals surface area (Å²) in [4.78, 5) is 10.4. The maximum atomic E-state index is 11.9. The number of sulfone groups is 1. The third kappa shape index (κ3) is 2.61. The fourth-order valence-corrected chi connectivity index (χ4v) is 2.18. The fraction of sp³-hybridized carbons (Fsp3) is 0.833. The quantitative estimate of drug-likeness (QED) is 0.752. The molecule has 0 spiro atoms. The SMILES string of the molecule is CC(C)C(C(=O)O)S(=O)(=O)C(F)F. The Morgan fingerprint density at radius 3 is 1.77 bits per heavy atom. The molecule has 0 aliphatic carbocycles. The summed E-state index contributed by atoms with van der Waals surface area (Å²) in [5.74, 6) is -6.26. The first-order valence-electron chi connectivity index (χ1n) is 3.45. The molecule has 0 aromatic carbocycles. The average molecular weight is 216 g/mol. The van der Waals surface area contributed by atoms with E-state index in [2.05, 4.69) is 0 Å². The van der Waals surface area contributed by atoms with Gasteiger partial charge in [0, 0.05) is 0 Å². The van der Waals surface area contributed by atoms with Crippen LogP contribution in [0.1, 0.15) is 13.8 Å². The van der Waals surface area contributed by atoms with E-state index in [-0.39, 0.29) is 0 Å². The van der Waals surface area contributed by atoms with Crippen molar-refractivity contribution in [2.45, 2.75) is 24.9 Å². The molecular formula is C6H10F2O4S. The van der Waals surface area contributed by atoms with Crippen LogP contribution in [0.2, 0.25) is 0 Å². The minimum atomic E-state index is -4.87. The van der Waals surface area contributed by atoms with Gasteiger partial charge >= 0.3 is 11.7 Å². The van der Waals surface area contributed by atoms with Crippen molar-refractivity contribution in [1.82, 2.24) is 0 Å². The van der Waals surface area contributed by atoms with Crippen molar-refractivity contribution in [3.63, 3.8) is 0 Å². The zero-order valence-electron chi connectivity index (χ0n) is 7.07. The number of hydrogen-bond donors (Lipinski definition) is 1. The van der Waals surface area contributed by atoms with E-state index in [1.54, 1.807) is 0 Å². The van der Waals surface area contributed by atoms with Gasteiger partial charge in [-0.2, -0.15) is 8.78 Å². The van der Waals surface area contributed by atoms with Gasteiger partial charge in [0.1, 0.15) is 0 Å². The summed E-state index contributed by atoms with van der Waals surface area (Å²) in [5, 5.41) is 6.38. The predicted octanol–water partition coefficient (Wildman–Crippen LogP) is 0.733. The monoisotopic (exact) mass is 216 g/mol. The summed E-state index contributed by atoms with van der Waals surface area (Å²) in [5.41, 5.74) is 0. The zero-order chi connectivity index (χ0) is 10.8. The highest BCUT2D eigenvalue weighted by atomic mass is 32.2. The highest BCUT2D eigenvalue weighted by molar-refractivity contribution is 7.93. The van der Waals surface area contributed by atoms with E-state index >= 15 is 0 Å². The molecule has 4 nitrogen and oxygen atoms in total. The van der Waals surface area contributed by atoms with Crippen LogP contribution in [0, 0.1) is 5.92 Å². The van der Waals surface area contributed by atoms with Gasteiger partial charge in [0.05, 0.1) is 0 Å². The van der Waals surface area contributed by atoms with E-state index in [0.717, 1.165) is 0 Å². The van der Waals surface area contributed by atoms with Crippen LogP contribution >= 0.6 is 0 Å². The number of rotatable bonds is 4. The Morgan fingerprint density at radius 2 is 1.69 bits per heavy atom. The lowest BCUT2D eigenvalue weighted by atomic mass is 10.1. The molecule has 78 valence electrons. The largest absolute Gasteiger partial charge is 0.480 e. The second kappa shape index (κ2) is 3.99. The Balaban J connectivity index is 5.09. The van der Waals surface area contributed by atoms with Crippen LogP contribution in [0.15, 0.2) is 0 Å². The molecule has 0 rings (SSSR count). The third-order valence-corrected chi connectivity index (χ3v) is 3.40. The van der Waals surface area contributed by atoms with Crippen molar-refractivity contribution in [3.8, 4) is 0 Å². The van der Waals surface area contributed by atoms with Gasteiger partial charge in [-0.05, 0) is 5.92 Å². The van der Waals surface area contributed by atoms with Gasteiger partial charge in [0.2, 0.25) is 9.84 Å². The van der Waals surface area contributed by atoms with Crippen LogP contribution in [0.5, 0.6) is 0 Å². The molecule has 0 saturated carbocycles. The molecule has 0 aliphatic heterocycles. The number of hydrogen-bond acceptors (Lipinski definition) is 3. The molecule has 0 heterocycles. The van der Waals surface area contributed by atoms with Crippen molar-refractivity contribution in [2.24, 2.45) is 5.92 Å². The molecule has 0 fully saturated rings. The second-order valence-corrected chi connectivity index (χ2v) is 4.89. The molecule has 0 amide bonds. The summed E-state index contributed by atoms with van der Waals surface area (Å²) >= 11 is 0. The second-order valence-electron chi connectivity index (χ2n) is 2.85. The van der Waals surface area contributed by atoms with Crippen LogP contribution in [0.4, 0.5) is 8.78 Å². The Bertz CT molecular complexity index is 283. The minimum Gasteiger partial charge on any atom is -0.480 e. The topological polar surface area (TPSA) is 71.4 Å². The molecular weight excluding hydrogens is 206 g/mol. The molecule has 0 aromatic rings. The maximum absolute atomic E-state index is 11.9. The van der Waals surface area contributed by atoms with Crippen LogP contribution in [0.3, 0.4) is 0 Å². The van der Waals surface area contributed by atoms with Crippen LogP contribution < -0.4 is 0 Å². The summed E-state index contributed by atoms with van der Waals surface area (Å²) in [6, 6.07) is 0. The van der Waals surface area contributed by atoms with E-state index in [1.165, 1.54) is 13.8 Å². The number of aliphatic carboxylic acids is 1. The highest BCUT2D eigenvalue weighted by Gasteiger charge is 2.41. The summed E-state index contributed by atoms with van der Waals surface area (Å²) in [7, 11) is -4.87. The number of alkyl halides is 2. The van der Waals surface area contributed by atoms with E-state index in [1.807, 2.05) is 0 Å². The maximum Gasteiger partial charge on any atom is 0.337 e. The number of carbonyl (C=O) groups is 1. The van der Waals surface area contributed by atoms with Crippen molar-refractivity contribution in [1.29, 1.82) is 0 Å². The fourth-order valence-electron chi connectivity index (χ4n) is 0.916. The van der Waals surface area contributed by atoms with E-state index in [9.17, 15) is 22.0 Å². The number of halogens is 2. The molecule has 7 heteroatoms. The van der Waals surface area contributed by atoms with Crippen molar-refractivity contribution in [2.75, 3.05) is 0 Å². The average Bonchev–Trinajstić information content (AvgIpc) is 1.82. The van der Waals surface area contributed by atoms with Crippen LogP contribution in [0.25, 0.3) is 0 Å². The normalized spacial score (nSPS) is 14.9. The smallest absolute Gasteiger partial charge is 0.337 e. The Labute approximate surface area is 74.5 Å². The molecule has 1 unspecified atom stereocenters. The van der Waals surface area contributed by atoms with Crippen LogP contribution in [-0.2, 0) is 14.6 Å². The van der Waals surface area contributed by atoms with Gasteiger partial charge in [-0.25, -0.2) is 8.42 Å². The zero-order valence-corrected chi connectivity index (χ0v) is 7.88. The number of carboxylic acids is 1. The molecule has 0 aromatic heterocycles. The van der Waals surface area contributed by atoms with Crippen molar-refractivity contribution in [3.05, 3.63) is 0 Å². The predicted molar refractivity (Wildman–Crippen MR) is 41.2 cm³/mol. The molecule has 0 aliphatic rings. The third-order valence-electron chi connectivity index (χ3n) is 1.45. The summed E-state index contributed by atoms with van der Waals surface area (Å²) < 4.78 is 45.4. The van der Waals surface area contributed by atoms with Gasteiger partial charge in [0.25, 0.3) is 0 Å².